The van der Waals surface area contributed by atoms with Gasteiger partial charge in [0.05, 0.1) is 20.6 Å². The number of halogens is 3. The third-order valence-electron chi connectivity index (χ3n) is 8.28. The minimum atomic E-state index is -4.28. The zero-order valence-corrected chi connectivity index (χ0v) is 28.0. The van der Waals surface area contributed by atoms with Crippen molar-refractivity contribution in [2.45, 2.75) is 62.0 Å². The average Bonchev–Trinajstić information content (AvgIpc) is 3.08. The van der Waals surface area contributed by atoms with Gasteiger partial charge in [-0.15, -0.1) is 0 Å². The van der Waals surface area contributed by atoms with E-state index in [0.29, 0.717) is 10.6 Å². The highest BCUT2D eigenvalue weighted by Crippen LogP contribution is 2.27. The van der Waals surface area contributed by atoms with E-state index in [2.05, 4.69) is 5.32 Å². The lowest BCUT2D eigenvalue weighted by molar-refractivity contribution is -0.140. The summed E-state index contributed by atoms with van der Waals surface area (Å²) in [6.45, 7) is -0.694. The maximum absolute atomic E-state index is 14.6. The summed E-state index contributed by atoms with van der Waals surface area (Å²) in [6.07, 6.45) is 5.00. The zero-order chi connectivity index (χ0) is 33.4. The molecule has 47 heavy (non-hydrogen) atoms. The van der Waals surface area contributed by atoms with Crippen molar-refractivity contribution in [3.63, 3.8) is 0 Å². The highest BCUT2D eigenvalue weighted by molar-refractivity contribution is 7.92. The van der Waals surface area contributed by atoms with Gasteiger partial charge in [0.1, 0.15) is 18.4 Å². The molecule has 5 rings (SSSR count). The zero-order valence-electron chi connectivity index (χ0n) is 25.7. The molecule has 0 aromatic heterocycles. The van der Waals surface area contributed by atoms with E-state index in [1.807, 2.05) is 30.3 Å². The normalized spacial score (nSPS) is 14.3. The van der Waals surface area contributed by atoms with Gasteiger partial charge in [0.2, 0.25) is 11.8 Å². The fourth-order valence-corrected chi connectivity index (χ4v) is 7.54. The van der Waals surface area contributed by atoms with Crippen LogP contribution in [0.15, 0.2) is 108 Å². The lowest BCUT2D eigenvalue weighted by Crippen LogP contribution is -2.55. The molecule has 1 aliphatic rings. The number of nitrogens with zero attached hydrogens (tertiary/aromatic N) is 2. The molecule has 0 bridgehead atoms. The van der Waals surface area contributed by atoms with E-state index in [9.17, 15) is 22.4 Å². The van der Waals surface area contributed by atoms with Gasteiger partial charge in [0, 0.05) is 19.0 Å². The van der Waals surface area contributed by atoms with Gasteiger partial charge in [-0.1, -0.05) is 97.1 Å². The Bertz CT molecular complexity index is 1770. The quantitative estimate of drug-likeness (QED) is 0.167. The van der Waals surface area contributed by atoms with Gasteiger partial charge in [-0.25, -0.2) is 12.8 Å². The second-order valence-electron chi connectivity index (χ2n) is 11.6. The van der Waals surface area contributed by atoms with Gasteiger partial charge in [-0.2, -0.15) is 0 Å². The van der Waals surface area contributed by atoms with E-state index < -0.39 is 34.3 Å². The summed E-state index contributed by atoms with van der Waals surface area (Å²) in [7, 11) is -4.28. The molecule has 4 aromatic rings. The summed E-state index contributed by atoms with van der Waals surface area (Å²) in [5.74, 6) is -1.51. The van der Waals surface area contributed by atoms with Crippen LogP contribution in [-0.4, -0.2) is 43.8 Å². The van der Waals surface area contributed by atoms with E-state index in [0.717, 1.165) is 54.1 Å². The number of hydrogen-bond acceptors (Lipinski definition) is 4. The van der Waals surface area contributed by atoms with Crippen molar-refractivity contribution < 1.29 is 22.4 Å². The minimum absolute atomic E-state index is 0.0226. The Balaban J connectivity index is 1.56. The Kier molecular flexibility index (Phi) is 11.6. The van der Waals surface area contributed by atoms with Crippen LogP contribution in [0.4, 0.5) is 10.1 Å². The standard InChI is InChI=1S/C36H36Cl2FN3O4S/c37-32-21-16-27(22-33(32)38)24-41(34(23-26-10-4-1-5-11-26)36(44)40-29-12-6-2-7-13-29)35(43)25-42(30-19-17-28(39)18-20-30)47(45,46)31-14-8-3-9-15-31/h1,3-5,8-11,14-22,29,34H,2,6-7,12-13,23-25H2,(H,40,44)/t34-/m1/s1. The van der Waals surface area contributed by atoms with Crippen LogP contribution < -0.4 is 9.62 Å². The van der Waals surface area contributed by atoms with E-state index >= 15 is 0 Å². The summed E-state index contributed by atoms with van der Waals surface area (Å²) >= 11 is 12.5. The van der Waals surface area contributed by atoms with Crippen LogP contribution in [0.2, 0.25) is 10.0 Å². The number of anilines is 1. The summed E-state index contributed by atoms with van der Waals surface area (Å²) in [5, 5.41) is 3.79. The SMILES string of the molecule is O=C(NC1CCCCC1)[C@@H](Cc1ccccc1)N(Cc1ccc(Cl)c(Cl)c1)C(=O)CN(c1ccc(F)cc1)S(=O)(=O)c1ccccc1. The van der Waals surface area contributed by atoms with Gasteiger partial charge in [-0.05, 0) is 72.5 Å². The maximum atomic E-state index is 14.6. The molecule has 1 saturated carbocycles. The Hall–Kier alpha value is -3.92. The van der Waals surface area contributed by atoms with Crippen LogP contribution in [0.1, 0.15) is 43.2 Å². The number of sulfonamides is 1. The fraction of sp³-hybridized carbons (Fsp3) is 0.278. The monoisotopic (exact) mass is 695 g/mol. The molecule has 11 heteroatoms. The van der Waals surface area contributed by atoms with Crippen molar-refractivity contribution in [3.8, 4) is 0 Å². The molecule has 0 radical (unpaired) electrons. The van der Waals surface area contributed by atoms with Crippen molar-refractivity contribution >= 4 is 50.7 Å². The first-order valence-electron chi connectivity index (χ1n) is 15.5. The highest BCUT2D eigenvalue weighted by atomic mass is 35.5. The molecule has 0 heterocycles. The van der Waals surface area contributed by atoms with Crippen molar-refractivity contribution in [1.82, 2.24) is 10.2 Å². The molecular weight excluding hydrogens is 660 g/mol. The van der Waals surface area contributed by atoms with Crippen molar-refractivity contribution in [3.05, 3.63) is 130 Å². The second kappa shape index (κ2) is 15.8. The van der Waals surface area contributed by atoms with Crippen LogP contribution in [-0.2, 0) is 32.6 Å². The molecule has 246 valence electrons. The molecule has 1 aliphatic carbocycles. The van der Waals surface area contributed by atoms with E-state index in [1.54, 1.807) is 36.4 Å². The maximum Gasteiger partial charge on any atom is 0.264 e. The first-order valence-corrected chi connectivity index (χ1v) is 17.7. The van der Waals surface area contributed by atoms with Crippen molar-refractivity contribution in [2.75, 3.05) is 10.8 Å². The number of carbonyl (C=O) groups is 2. The Morgan fingerprint density at radius 2 is 1.45 bits per heavy atom. The second-order valence-corrected chi connectivity index (χ2v) is 14.3. The van der Waals surface area contributed by atoms with Crippen molar-refractivity contribution in [1.29, 1.82) is 0 Å². The summed E-state index contributed by atoms with van der Waals surface area (Å²) in [6, 6.07) is 25.9. The molecule has 0 saturated heterocycles. The fourth-order valence-electron chi connectivity index (χ4n) is 5.79. The lowest BCUT2D eigenvalue weighted by atomic mass is 9.94. The van der Waals surface area contributed by atoms with E-state index in [1.165, 1.54) is 29.2 Å². The van der Waals surface area contributed by atoms with Crippen LogP contribution in [0.3, 0.4) is 0 Å². The third-order valence-corrected chi connectivity index (χ3v) is 10.8. The Morgan fingerprint density at radius 3 is 2.09 bits per heavy atom. The predicted molar refractivity (Wildman–Crippen MR) is 183 cm³/mol. The summed E-state index contributed by atoms with van der Waals surface area (Å²) in [4.78, 5) is 30.1. The average molecular weight is 697 g/mol. The Morgan fingerprint density at radius 1 is 0.809 bits per heavy atom. The lowest BCUT2D eigenvalue weighted by Gasteiger charge is -2.35. The molecule has 1 N–H and O–H groups in total. The van der Waals surface area contributed by atoms with Gasteiger partial charge in [0.15, 0.2) is 0 Å². The first-order chi connectivity index (χ1) is 22.6. The molecule has 0 unspecified atom stereocenters. The van der Waals surface area contributed by atoms with E-state index in [4.69, 9.17) is 23.2 Å². The molecular formula is C36H36Cl2FN3O4S. The van der Waals surface area contributed by atoms with Gasteiger partial charge in [-0.3, -0.25) is 13.9 Å². The molecule has 0 spiro atoms. The smallest absolute Gasteiger partial charge is 0.264 e. The topological polar surface area (TPSA) is 86.8 Å². The number of benzene rings is 4. The molecule has 4 aromatic carbocycles. The summed E-state index contributed by atoms with van der Waals surface area (Å²) in [5.41, 5.74) is 1.54. The predicted octanol–water partition coefficient (Wildman–Crippen LogP) is 7.42. The molecule has 7 nitrogen and oxygen atoms in total. The van der Waals surface area contributed by atoms with E-state index in [-0.39, 0.29) is 40.5 Å². The first kappa shape index (κ1) is 34.4. The van der Waals surface area contributed by atoms with Crippen LogP contribution >= 0.6 is 23.2 Å². The van der Waals surface area contributed by atoms with Gasteiger partial charge in [0.25, 0.3) is 10.0 Å². The molecule has 0 aliphatic heterocycles. The molecule has 2 amide bonds. The van der Waals surface area contributed by atoms with Gasteiger partial charge < -0.3 is 10.2 Å². The van der Waals surface area contributed by atoms with Crippen LogP contribution in [0.25, 0.3) is 0 Å². The molecule has 1 atom stereocenters. The number of rotatable bonds is 12. The Labute approximate surface area is 285 Å². The van der Waals surface area contributed by atoms with Crippen molar-refractivity contribution in [2.24, 2.45) is 0 Å². The molecule has 1 fully saturated rings. The highest BCUT2D eigenvalue weighted by Gasteiger charge is 2.35. The third kappa shape index (κ3) is 8.91. The van der Waals surface area contributed by atoms with Crippen LogP contribution in [0, 0.1) is 5.82 Å². The number of carbonyl (C=O) groups excluding carboxylic acids is 2. The minimum Gasteiger partial charge on any atom is -0.352 e. The number of hydrogen-bond donors (Lipinski definition) is 1. The number of amides is 2. The van der Waals surface area contributed by atoms with Gasteiger partial charge >= 0.3 is 0 Å². The summed E-state index contributed by atoms with van der Waals surface area (Å²) < 4.78 is 42.9. The number of nitrogens with one attached hydrogen (secondary N) is 1. The largest absolute Gasteiger partial charge is 0.352 e. The van der Waals surface area contributed by atoms with Crippen LogP contribution in [0.5, 0.6) is 0 Å².